The van der Waals surface area contributed by atoms with Crippen LogP contribution in [-0.4, -0.2) is 42.5 Å². The molecule has 0 aliphatic heterocycles. The molecule has 0 rings (SSSR count). The minimum absolute atomic E-state index is 0.150. The van der Waals surface area contributed by atoms with Gasteiger partial charge >= 0.3 is 0 Å². The maximum absolute atomic E-state index is 10.2. The summed E-state index contributed by atoms with van der Waals surface area (Å²) in [5, 5.41) is 10.2. The Morgan fingerprint density at radius 2 is 1.71 bits per heavy atom. The molecule has 104 valence electrons. The van der Waals surface area contributed by atoms with Crippen molar-refractivity contribution < 1.29 is 9.84 Å². The molecule has 2 unspecified atom stereocenters. The highest BCUT2D eigenvalue weighted by molar-refractivity contribution is 4.79. The van der Waals surface area contributed by atoms with Crippen LogP contribution in [0.3, 0.4) is 0 Å². The molecule has 0 saturated carbocycles. The zero-order valence-electron chi connectivity index (χ0n) is 12.5. The van der Waals surface area contributed by atoms with E-state index < -0.39 is 6.29 Å². The lowest BCUT2D eigenvalue weighted by Crippen LogP contribution is -2.40. The minimum atomic E-state index is -0.664. The Labute approximate surface area is 107 Å². The Balaban J connectivity index is 4.12. The molecular weight excluding hydrogens is 214 g/mol. The predicted molar refractivity (Wildman–Crippen MR) is 73.0 cm³/mol. The standard InChI is InChI=1S/C14H31NO2/c1-7-14(6,12(4)5)13(16)17-11-10-15(8-2)9-3/h12-13,16H,7-11H2,1-6H3. The average Bonchev–Trinajstić information content (AvgIpc) is 2.32. The van der Waals surface area contributed by atoms with Crippen LogP contribution in [0.5, 0.6) is 0 Å². The first-order valence-electron chi connectivity index (χ1n) is 6.94. The number of likely N-dealkylation sites (N-methyl/N-ethyl adjacent to an activating group) is 1. The van der Waals surface area contributed by atoms with E-state index in [4.69, 9.17) is 4.74 Å². The van der Waals surface area contributed by atoms with E-state index in [9.17, 15) is 5.11 Å². The smallest absolute Gasteiger partial charge is 0.160 e. The van der Waals surface area contributed by atoms with Gasteiger partial charge in [-0.05, 0) is 25.4 Å². The molecule has 0 aromatic heterocycles. The van der Waals surface area contributed by atoms with Crippen LogP contribution in [0.4, 0.5) is 0 Å². The molecule has 1 N–H and O–H groups in total. The summed E-state index contributed by atoms with van der Waals surface area (Å²) >= 11 is 0. The Morgan fingerprint density at radius 3 is 2.06 bits per heavy atom. The molecule has 0 amide bonds. The second kappa shape index (κ2) is 8.06. The normalized spacial score (nSPS) is 17.5. The first kappa shape index (κ1) is 16.9. The van der Waals surface area contributed by atoms with Crippen LogP contribution in [-0.2, 0) is 4.74 Å². The van der Waals surface area contributed by atoms with Gasteiger partial charge in [0, 0.05) is 12.0 Å². The third kappa shape index (κ3) is 4.94. The van der Waals surface area contributed by atoms with Crippen LogP contribution in [0, 0.1) is 11.3 Å². The van der Waals surface area contributed by atoms with Crippen molar-refractivity contribution in [1.29, 1.82) is 0 Å². The van der Waals surface area contributed by atoms with Gasteiger partial charge in [0.15, 0.2) is 6.29 Å². The molecular formula is C14H31NO2. The van der Waals surface area contributed by atoms with Gasteiger partial charge in [-0.15, -0.1) is 0 Å². The van der Waals surface area contributed by atoms with Crippen molar-refractivity contribution in [2.75, 3.05) is 26.2 Å². The van der Waals surface area contributed by atoms with Crippen molar-refractivity contribution in [2.24, 2.45) is 11.3 Å². The number of aliphatic hydroxyl groups excluding tert-OH is 1. The average molecular weight is 245 g/mol. The molecule has 0 spiro atoms. The molecule has 0 aromatic carbocycles. The van der Waals surface area contributed by atoms with Crippen molar-refractivity contribution in [1.82, 2.24) is 4.90 Å². The van der Waals surface area contributed by atoms with E-state index in [1.807, 2.05) is 0 Å². The summed E-state index contributed by atoms with van der Waals surface area (Å²) in [6, 6.07) is 0. The molecule has 3 heteroatoms. The Bertz CT molecular complexity index is 193. The number of nitrogens with zero attached hydrogens (tertiary/aromatic N) is 1. The summed E-state index contributed by atoms with van der Waals surface area (Å²) in [5.74, 6) is 0.413. The van der Waals surface area contributed by atoms with Crippen molar-refractivity contribution >= 4 is 0 Å². The molecule has 2 atom stereocenters. The summed E-state index contributed by atoms with van der Waals surface area (Å²) in [5.41, 5.74) is -0.150. The highest BCUT2D eigenvalue weighted by Crippen LogP contribution is 2.35. The van der Waals surface area contributed by atoms with Crippen molar-refractivity contribution in [3.63, 3.8) is 0 Å². The molecule has 0 aliphatic rings. The Hall–Kier alpha value is -0.120. The largest absolute Gasteiger partial charge is 0.367 e. The quantitative estimate of drug-likeness (QED) is 0.634. The number of rotatable bonds is 9. The van der Waals surface area contributed by atoms with E-state index in [1.165, 1.54) is 0 Å². The van der Waals surface area contributed by atoms with E-state index >= 15 is 0 Å². The summed E-state index contributed by atoms with van der Waals surface area (Å²) in [6.45, 7) is 16.3. The van der Waals surface area contributed by atoms with Crippen LogP contribution in [0.2, 0.25) is 0 Å². The molecule has 0 aliphatic carbocycles. The summed E-state index contributed by atoms with van der Waals surface area (Å²) < 4.78 is 5.61. The molecule has 0 saturated heterocycles. The van der Waals surface area contributed by atoms with Gasteiger partial charge in [0.05, 0.1) is 6.61 Å². The summed E-state index contributed by atoms with van der Waals surface area (Å²) in [4.78, 5) is 2.30. The highest BCUT2D eigenvalue weighted by atomic mass is 16.6. The summed E-state index contributed by atoms with van der Waals surface area (Å²) in [6.07, 6.45) is 0.264. The van der Waals surface area contributed by atoms with Gasteiger partial charge in [-0.1, -0.05) is 41.5 Å². The SMILES string of the molecule is CCN(CC)CCOC(O)C(C)(CC)C(C)C. The lowest BCUT2D eigenvalue weighted by Gasteiger charge is -2.37. The maximum atomic E-state index is 10.2. The van der Waals surface area contributed by atoms with E-state index in [2.05, 4.69) is 46.4 Å². The van der Waals surface area contributed by atoms with Gasteiger partial charge < -0.3 is 14.7 Å². The zero-order valence-corrected chi connectivity index (χ0v) is 12.5. The van der Waals surface area contributed by atoms with E-state index in [0.29, 0.717) is 12.5 Å². The van der Waals surface area contributed by atoms with Crippen molar-refractivity contribution in [2.45, 2.75) is 54.3 Å². The van der Waals surface area contributed by atoms with E-state index in [1.54, 1.807) is 0 Å². The molecule has 17 heavy (non-hydrogen) atoms. The number of ether oxygens (including phenoxy) is 1. The molecule has 0 aromatic rings. The third-order valence-corrected chi connectivity index (χ3v) is 4.22. The number of hydrogen-bond acceptors (Lipinski definition) is 3. The third-order valence-electron chi connectivity index (χ3n) is 4.22. The van der Waals surface area contributed by atoms with Gasteiger partial charge in [-0.3, -0.25) is 0 Å². The van der Waals surface area contributed by atoms with Crippen LogP contribution in [0.15, 0.2) is 0 Å². The first-order chi connectivity index (χ1) is 7.92. The first-order valence-corrected chi connectivity index (χ1v) is 6.94. The predicted octanol–water partition coefficient (Wildman–Crippen LogP) is 2.74. The van der Waals surface area contributed by atoms with Crippen molar-refractivity contribution in [3.05, 3.63) is 0 Å². The fourth-order valence-electron chi connectivity index (χ4n) is 1.89. The fraction of sp³-hybridized carbons (Fsp3) is 1.00. The van der Waals surface area contributed by atoms with Crippen LogP contribution >= 0.6 is 0 Å². The molecule has 0 fully saturated rings. The molecule has 0 radical (unpaired) electrons. The fourth-order valence-corrected chi connectivity index (χ4v) is 1.89. The minimum Gasteiger partial charge on any atom is -0.367 e. The van der Waals surface area contributed by atoms with Gasteiger partial charge in [0.1, 0.15) is 0 Å². The molecule has 0 heterocycles. The molecule has 3 nitrogen and oxygen atoms in total. The van der Waals surface area contributed by atoms with Crippen LogP contribution in [0.1, 0.15) is 48.0 Å². The van der Waals surface area contributed by atoms with Gasteiger partial charge in [0.2, 0.25) is 0 Å². The lowest BCUT2D eigenvalue weighted by molar-refractivity contribution is -0.186. The second-order valence-corrected chi connectivity index (χ2v) is 5.26. The Kier molecular flexibility index (Phi) is 8.01. The van der Waals surface area contributed by atoms with Crippen molar-refractivity contribution in [3.8, 4) is 0 Å². The zero-order chi connectivity index (χ0) is 13.5. The topological polar surface area (TPSA) is 32.7 Å². The van der Waals surface area contributed by atoms with Crippen LogP contribution in [0.25, 0.3) is 0 Å². The van der Waals surface area contributed by atoms with Crippen LogP contribution < -0.4 is 0 Å². The number of hydrogen-bond donors (Lipinski definition) is 1. The van der Waals surface area contributed by atoms with Gasteiger partial charge in [0.25, 0.3) is 0 Å². The maximum Gasteiger partial charge on any atom is 0.160 e. The van der Waals surface area contributed by atoms with E-state index in [-0.39, 0.29) is 5.41 Å². The van der Waals surface area contributed by atoms with Gasteiger partial charge in [-0.25, -0.2) is 0 Å². The molecule has 0 bridgehead atoms. The van der Waals surface area contributed by atoms with Gasteiger partial charge in [-0.2, -0.15) is 0 Å². The lowest BCUT2D eigenvalue weighted by atomic mass is 9.76. The number of aliphatic hydroxyl groups is 1. The van der Waals surface area contributed by atoms with E-state index in [0.717, 1.165) is 26.1 Å². The highest BCUT2D eigenvalue weighted by Gasteiger charge is 2.35. The summed E-state index contributed by atoms with van der Waals surface area (Å²) in [7, 11) is 0. The monoisotopic (exact) mass is 245 g/mol. The second-order valence-electron chi connectivity index (χ2n) is 5.26. The Morgan fingerprint density at radius 1 is 1.18 bits per heavy atom.